The van der Waals surface area contributed by atoms with E-state index in [2.05, 4.69) is 538 Å². The van der Waals surface area contributed by atoms with Gasteiger partial charge in [0.05, 0.1) is 39.3 Å². The minimum absolute atomic E-state index is 0.935. The maximum atomic E-state index is 5.15. The van der Waals surface area contributed by atoms with E-state index in [4.69, 9.17) is 19.9 Å². The molecule has 0 radical (unpaired) electrons. The topological polar surface area (TPSA) is 77.3 Å². The first kappa shape index (κ1) is 92.5. The molecule has 6 nitrogen and oxygen atoms in total. The largest absolute Gasteiger partial charge is 0.265 e. The van der Waals surface area contributed by atoms with Gasteiger partial charge >= 0.3 is 0 Å². The Kier molecular flexibility index (Phi) is 26.5. The molecule has 0 fully saturated rings. The third-order valence-electron chi connectivity index (χ3n) is 28.1. The molecule has 0 atom stereocenters. The molecule has 704 valence electrons. The average Bonchev–Trinajstić information content (AvgIpc) is 0.774. The van der Waals surface area contributed by atoms with Gasteiger partial charge in [-0.1, -0.05) is 425 Å². The van der Waals surface area contributed by atoms with Crippen LogP contribution in [-0.4, -0.2) is 29.9 Å². The van der Waals surface area contributed by atoms with Crippen LogP contribution in [-0.2, 0) is 0 Å². The van der Waals surface area contributed by atoms with Crippen molar-refractivity contribution < 1.29 is 0 Å². The number of nitrogens with zero attached hydrogens (tertiary/aromatic N) is 6. The van der Waals surface area contributed by atoms with Crippen molar-refractivity contribution in [1.82, 2.24) is 29.9 Å². The van der Waals surface area contributed by atoms with E-state index in [1.54, 1.807) is 0 Å². The smallest absolute Gasteiger partial charge is 0.0716 e. The lowest BCUT2D eigenvalue weighted by Crippen LogP contribution is -1.91. The molecule has 0 amide bonds. The summed E-state index contributed by atoms with van der Waals surface area (Å²) in [7, 11) is 0. The van der Waals surface area contributed by atoms with Crippen molar-refractivity contribution in [3.8, 4) is 223 Å². The average molecular weight is 1910 g/mol. The molecule has 0 aliphatic rings. The standard InChI is InChI=1S/2C50H34N2.C44H30N2/c1-3-13-35(14-4-1)37-17-9-18-38(29-37)39-19-10-20-40(30-39)41-21-11-22-42(31-41)43-23-12-24-44(32-43)50-33-47(46-25-7-8-26-49(46)52-50)45-27-28-48(51-34-45)36-15-5-2-6-16-36;1-2-10-35(11-3-1)39-12-6-13-40(30-39)41-14-7-15-42(31-41)43-16-8-17-44(32-43)45-18-9-19-46(33-45)50-34-48(47-20-4-5-21-49(47)52-50)38-24-22-36(23-25-38)37-26-28-51-29-27-37;1-2-10-31(11-3-1)33-12-6-13-34(26-33)35-14-7-15-36(27-35)37-16-8-17-38(28-37)39-18-9-19-40(29-39)44-30-42(32-22-24-45-25-23-32)41-20-4-5-21-43(41)46-44/h2*1-34H;1-30H. The molecule has 0 aliphatic heterocycles. The van der Waals surface area contributed by atoms with E-state index < -0.39 is 0 Å². The summed E-state index contributed by atoms with van der Waals surface area (Å²) in [6.07, 6.45) is 9.33. The normalized spacial score (nSPS) is 11.1. The molecule has 20 aromatic carbocycles. The molecule has 26 aromatic rings. The fourth-order valence-electron chi connectivity index (χ4n) is 20.3. The first-order valence-corrected chi connectivity index (χ1v) is 50.8. The molecular weight excluding hydrogens is 1810 g/mol. The van der Waals surface area contributed by atoms with Gasteiger partial charge in [-0.05, 0) is 312 Å². The van der Waals surface area contributed by atoms with E-state index in [1.165, 1.54) is 122 Å². The second-order valence-electron chi connectivity index (χ2n) is 37.6. The lowest BCUT2D eigenvalue weighted by atomic mass is 9.94. The first-order valence-electron chi connectivity index (χ1n) is 50.8. The Labute approximate surface area is 874 Å². The van der Waals surface area contributed by atoms with Crippen LogP contribution in [0.25, 0.3) is 256 Å². The van der Waals surface area contributed by atoms with Crippen molar-refractivity contribution in [2.45, 2.75) is 0 Å². The van der Waals surface area contributed by atoms with Crippen LogP contribution in [0.2, 0.25) is 0 Å². The Morgan fingerprint density at radius 3 is 0.547 bits per heavy atom. The van der Waals surface area contributed by atoms with E-state index in [-0.39, 0.29) is 0 Å². The number of aromatic nitrogens is 6. The van der Waals surface area contributed by atoms with Crippen LogP contribution in [0.5, 0.6) is 0 Å². The summed E-state index contributed by atoms with van der Waals surface area (Å²) in [6.45, 7) is 0. The fourth-order valence-corrected chi connectivity index (χ4v) is 20.3. The third-order valence-corrected chi connectivity index (χ3v) is 28.1. The molecule has 0 saturated carbocycles. The Bertz CT molecular complexity index is 8970. The summed E-state index contributed by atoms with van der Waals surface area (Å²) < 4.78 is 0. The predicted molar refractivity (Wildman–Crippen MR) is 627 cm³/mol. The van der Waals surface area contributed by atoms with Crippen LogP contribution < -0.4 is 0 Å². The molecular formula is C144H98N6. The van der Waals surface area contributed by atoms with Gasteiger partial charge in [0.2, 0.25) is 0 Å². The van der Waals surface area contributed by atoms with E-state index in [0.29, 0.717) is 0 Å². The highest BCUT2D eigenvalue weighted by atomic mass is 14.7. The Hall–Kier alpha value is -19.9. The highest BCUT2D eigenvalue weighted by molar-refractivity contribution is 6.01. The molecule has 6 aromatic heterocycles. The zero-order chi connectivity index (χ0) is 100. The van der Waals surface area contributed by atoms with Gasteiger partial charge in [0.1, 0.15) is 0 Å². The van der Waals surface area contributed by atoms with Crippen molar-refractivity contribution in [2.75, 3.05) is 0 Å². The van der Waals surface area contributed by atoms with E-state index in [0.717, 1.165) is 133 Å². The van der Waals surface area contributed by atoms with Crippen molar-refractivity contribution in [3.05, 3.63) is 595 Å². The third kappa shape index (κ3) is 20.6. The summed E-state index contributed by atoms with van der Waals surface area (Å²) in [5.74, 6) is 0. The zero-order valence-corrected chi connectivity index (χ0v) is 82.3. The minimum atomic E-state index is 0.935. The van der Waals surface area contributed by atoms with Gasteiger partial charge < -0.3 is 0 Å². The monoisotopic (exact) mass is 1910 g/mol. The number of hydrogen-bond donors (Lipinski definition) is 0. The summed E-state index contributed by atoms with van der Waals surface area (Å²) in [5.41, 5.74) is 48.9. The van der Waals surface area contributed by atoms with Crippen molar-refractivity contribution in [2.24, 2.45) is 0 Å². The molecule has 150 heavy (non-hydrogen) atoms. The zero-order valence-electron chi connectivity index (χ0n) is 82.3. The number of rotatable bonds is 20. The maximum absolute atomic E-state index is 5.15. The molecule has 0 unspecified atom stereocenters. The molecule has 0 saturated heterocycles. The van der Waals surface area contributed by atoms with Crippen LogP contribution in [0, 0.1) is 0 Å². The Morgan fingerprint density at radius 2 is 0.287 bits per heavy atom. The Morgan fingerprint density at radius 1 is 0.107 bits per heavy atom. The van der Waals surface area contributed by atoms with Crippen molar-refractivity contribution in [3.63, 3.8) is 0 Å². The summed E-state index contributed by atoms with van der Waals surface area (Å²) in [4.78, 5) is 28.6. The SMILES string of the molecule is c1ccc(-c2cccc(-c3cccc(-c4cccc(-c5cccc(-c6cc(-c7ccc(-c8ccccc8)nc7)c7ccccc7n6)c5)c4)c3)c2)cc1.c1ccc(-c2cccc(-c3cccc(-c4cccc(-c5cccc(-c6cc(-c7ccc(-c8ccncc8)cc7)c7ccccc7n6)c5)c4)c3)c2)cc1.c1ccc(-c2cccc(-c3cccc(-c4cccc(-c5cccc(-c6cc(-c7ccncc7)c7ccccc7n6)c5)c4)c3)c2)cc1. The lowest BCUT2D eigenvalue weighted by Gasteiger charge is -2.13. The van der Waals surface area contributed by atoms with Gasteiger partial charge in [0.25, 0.3) is 0 Å². The Balaban J connectivity index is 0.000000120. The van der Waals surface area contributed by atoms with E-state index in [1.807, 2.05) is 67.4 Å². The number of hydrogen-bond acceptors (Lipinski definition) is 6. The predicted octanol–water partition coefficient (Wildman–Crippen LogP) is 38.2. The molecule has 0 aliphatic carbocycles. The fraction of sp³-hybridized carbons (Fsp3) is 0. The van der Waals surface area contributed by atoms with Gasteiger partial charge in [-0.25, -0.2) is 15.0 Å². The highest BCUT2D eigenvalue weighted by Crippen LogP contribution is 2.44. The number of fused-ring (bicyclic) bond motifs is 3. The van der Waals surface area contributed by atoms with Crippen LogP contribution in [0.4, 0.5) is 0 Å². The quantitative estimate of drug-likeness (QED) is 0.0757. The maximum Gasteiger partial charge on any atom is 0.0716 e. The molecule has 6 heteroatoms. The van der Waals surface area contributed by atoms with Gasteiger partial charge in [0, 0.05) is 75.0 Å². The number of para-hydroxylation sites is 3. The lowest BCUT2D eigenvalue weighted by molar-refractivity contribution is 1.32. The minimum Gasteiger partial charge on any atom is -0.265 e. The van der Waals surface area contributed by atoms with Crippen molar-refractivity contribution in [1.29, 1.82) is 0 Å². The van der Waals surface area contributed by atoms with Gasteiger partial charge in [0.15, 0.2) is 0 Å². The second-order valence-corrected chi connectivity index (χ2v) is 37.6. The summed E-state index contributed by atoms with van der Waals surface area (Å²) >= 11 is 0. The molecule has 0 bridgehead atoms. The number of pyridine rings is 6. The van der Waals surface area contributed by atoms with Crippen LogP contribution in [0.3, 0.4) is 0 Å². The molecule has 0 spiro atoms. The van der Waals surface area contributed by atoms with Crippen molar-refractivity contribution >= 4 is 32.7 Å². The highest BCUT2D eigenvalue weighted by Gasteiger charge is 2.20. The summed E-state index contributed by atoms with van der Waals surface area (Å²) in [6, 6.07) is 200. The van der Waals surface area contributed by atoms with Crippen LogP contribution in [0.15, 0.2) is 595 Å². The molecule has 6 heterocycles. The second kappa shape index (κ2) is 42.9. The first-order chi connectivity index (χ1) is 74.3. The van der Waals surface area contributed by atoms with Gasteiger partial charge in [-0.2, -0.15) is 0 Å². The van der Waals surface area contributed by atoms with E-state index in [9.17, 15) is 0 Å². The van der Waals surface area contributed by atoms with E-state index >= 15 is 0 Å². The van der Waals surface area contributed by atoms with Gasteiger partial charge in [-0.3, -0.25) is 15.0 Å². The number of benzene rings is 20. The molecule has 0 N–H and O–H groups in total. The summed E-state index contributed by atoms with van der Waals surface area (Å²) in [5, 5.41) is 3.38. The van der Waals surface area contributed by atoms with Crippen LogP contribution >= 0.6 is 0 Å². The van der Waals surface area contributed by atoms with Crippen LogP contribution in [0.1, 0.15) is 0 Å². The molecule has 26 rings (SSSR count). The van der Waals surface area contributed by atoms with Gasteiger partial charge in [-0.15, -0.1) is 0 Å².